The molecular formula is C15H19NOS. The summed E-state index contributed by atoms with van der Waals surface area (Å²) in [6.07, 6.45) is 3.56. The van der Waals surface area contributed by atoms with Gasteiger partial charge in [0.05, 0.1) is 12.5 Å². The molecule has 0 aliphatic rings. The lowest BCUT2D eigenvalue weighted by Crippen LogP contribution is -2.22. The third kappa shape index (κ3) is 3.65. The Bertz CT molecular complexity index is 467. The van der Waals surface area contributed by atoms with Gasteiger partial charge in [-0.3, -0.25) is 0 Å². The molecular weight excluding hydrogens is 242 g/mol. The van der Waals surface area contributed by atoms with Crippen LogP contribution in [0.25, 0.3) is 0 Å². The molecule has 1 atom stereocenters. The smallest absolute Gasteiger partial charge is 0.0950 e. The van der Waals surface area contributed by atoms with Gasteiger partial charge in [-0.05, 0) is 31.7 Å². The lowest BCUT2D eigenvalue weighted by atomic mass is 10.2. The van der Waals surface area contributed by atoms with E-state index in [2.05, 4.69) is 43.4 Å². The Morgan fingerprint density at radius 2 is 2.22 bits per heavy atom. The van der Waals surface area contributed by atoms with Crippen LogP contribution in [0, 0.1) is 6.92 Å². The van der Waals surface area contributed by atoms with Gasteiger partial charge in [-0.25, -0.2) is 0 Å². The maximum atomic E-state index is 5.16. The van der Waals surface area contributed by atoms with E-state index in [0.717, 1.165) is 12.3 Å². The molecule has 1 N–H and O–H groups in total. The van der Waals surface area contributed by atoms with Crippen LogP contribution >= 0.6 is 11.8 Å². The van der Waals surface area contributed by atoms with E-state index in [1.54, 1.807) is 6.26 Å². The predicted octanol–water partition coefficient (Wildman–Crippen LogP) is 4.03. The molecule has 0 fully saturated rings. The number of hydrogen-bond acceptors (Lipinski definition) is 3. The van der Waals surface area contributed by atoms with Gasteiger partial charge < -0.3 is 9.73 Å². The molecule has 1 aromatic heterocycles. The highest BCUT2D eigenvalue weighted by Crippen LogP contribution is 2.25. The van der Waals surface area contributed by atoms with Crippen molar-refractivity contribution in [2.75, 3.05) is 12.3 Å². The average Bonchev–Trinajstić information content (AvgIpc) is 2.88. The first kappa shape index (κ1) is 13.2. The van der Waals surface area contributed by atoms with Gasteiger partial charge in [0.1, 0.15) is 0 Å². The largest absolute Gasteiger partial charge is 0.472 e. The fraction of sp³-hybridized carbons (Fsp3) is 0.333. The summed E-state index contributed by atoms with van der Waals surface area (Å²) >= 11 is 1.88. The highest BCUT2D eigenvalue weighted by Gasteiger charge is 2.11. The van der Waals surface area contributed by atoms with Gasteiger partial charge in [0.25, 0.3) is 0 Å². The maximum absolute atomic E-state index is 5.16. The molecule has 0 spiro atoms. The van der Waals surface area contributed by atoms with Crippen molar-refractivity contribution in [3.8, 4) is 0 Å². The molecule has 0 aliphatic carbocycles. The van der Waals surface area contributed by atoms with Crippen LogP contribution in [0.4, 0.5) is 0 Å². The summed E-state index contributed by atoms with van der Waals surface area (Å²) in [6.45, 7) is 5.22. The van der Waals surface area contributed by atoms with Gasteiger partial charge in [-0.15, -0.1) is 11.8 Å². The number of hydrogen-bond donors (Lipinski definition) is 1. The molecule has 1 heterocycles. The molecule has 3 heteroatoms. The Morgan fingerprint density at radius 3 is 2.89 bits per heavy atom. The summed E-state index contributed by atoms with van der Waals surface area (Å²) in [5.41, 5.74) is 2.53. The molecule has 0 aliphatic heterocycles. The molecule has 0 saturated carbocycles. The van der Waals surface area contributed by atoms with Crippen molar-refractivity contribution >= 4 is 11.8 Å². The highest BCUT2D eigenvalue weighted by molar-refractivity contribution is 7.99. The quantitative estimate of drug-likeness (QED) is 0.795. The van der Waals surface area contributed by atoms with E-state index in [-0.39, 0.29) is 0 Å². The lowest BCUT2D eigenvalue weighted by Gasteiger charge is -2.15. The summed E-state index contributed by atoms with van der Waals surface area (Å²) in [4.78, 5) is 1.32. The Kier molecular flexibility index (Phi) is 4.90. The number of rotatable bonds is 6. The summed E-state index contributed by atoms with van der Waals surface area (Å²) < 4.78 is 5.16. The second-order valence-corrected chi connectivity index (χ2v) is 5.39. The zero-order valence-electron chi connectivity index (χ0n) is 10.8. The number of benzene rings is 1. The van der Waals surface area contributed by atoms with Crippen molar-refractivity contribution in [3.63, 3.8) is 0 Å². The van der Waals surface area contributed by atoms with Crippen molar-refractivity contribution in [2.24, 2.45) is 0 Å². The lowest BCUT2D eigenvalue weighted by molar-refractivity contribution is 0.548. The maximum Gasteiger partial charge on any atom is 0.0950 e. The number of nitrogens with one attached hydrogen (secondary N) is 1. The van der Waals surface area contributed by atoms with Gasteiger partial charge >= 0.3 is 0 Å². The third-order valence-corrected chi connectivity index (χ3v) is 3.89. The fourth-order valence-corrected chi connectivity index (χ4v) is 2.99. The monoisotopic (exact) mass is 261 g/mol. The molecule has 1 unspecified atom stereocenters. The molecule has 0 saturated heterocycles. The minimum Gasteiger partial charge on any atom is -0.472 e. The first-order chi connectivity index (χ1) is 8.79. The van der Waals surface area contributed by atoms with E-state index >= 15 is 0 Å². The molecule has 0 amide bonds. The zero-order chi connectivity index (χ0) is 12.8. The standard InChI is InChI=1S/C15H19NOS/c1-3-16-15(13-7-8-17-10-13)11-18-14-6-4-5-12(2)9-14/h4-10,15-16H,3,11H2,1-2H3. The molecule has 0 radical (unpaired) electrons. The summed E-state index contributed by atoms with van der Waals surface area (Å²) in [7, 11) is 0. The first-order valence-electron chi connectivity index (χ1n) is 6.24. The van der Waals surface area contributed by atoms with Crippen LogP contribution < -0.4 is 5.32 Å². The van der Waals surface area contributed by atoms with Crippen LogP contribution in [0.2, 0.25) is 0 Å². The highest BCUT2D eigenvalue weighted by atomic mass is 32.2. The van der Waals surface area contributed by atoms with Crippen LogP contribution in [-0.2, 0) is 0 Å². The predicted molar refractivity (Wildman–Crippen MR) is 77.0 cm³/mol. The Hall–Kier alpha value is -1.19. The number of aryl methyl sites for hydroxylation is 1. The van der Waals surface area contributed by atoms with Gasteiger partial charge in [0.2, 0.25) is 0 Å². The molecule has 2 aromatic rings. The van der Waals surface area contributed by atoms with Crippen molar-refractivity contribution < 1.29 is 4.42 Å². The van der Waals surface area contributed by atoms with Crippen molar-refractivity contribution in [2.45, 2.75) is 24.8 Å². The molecule has 18 heavy (non-hydrogen) atoms. The van der Waals surface area contributed by atoms with Crippen LogP contribution in [0.15, 0.2) is 52.2 Å². The Labute approximate surface area is 113 Å². The van der Waals surface area contributed by atoms with E-state index in [4.69, 9.17) is 4.42 Å². The van der Waals surface area contributed by atoms with Gasteiger partial charge in [0, 0.05) is 22.3 Å². The summed E-state index contributed by atoms with van der Waals surface area (Å²) in [5.74, 6) is 1.01. The molecule has 0 bridgehead atoms. The SMILES string of the molecule is CCNC(CSc1cccc(C)c1)c1ccoc1. The van der Waals surface area contributed by atoms with Crippen LogP contribution in [0.5, 0.6) is 0 Å². The minimum atomic E-state index is 0.347. The number of furan rings is 1. The average molecular weight is 261 g/mol. The number of thioether (sulfide) groups is 1. The summed E-state index contributed by atoms with van der Waals surface area (Å²) in [6, 6.07) is 11.0. The van der Waals surface area contributed by atoms with Gasteiger partial charge in [-0.1, -0.05) is 24.6 Å². The van der Waals surface area contributed by atoms with Crippen LogP contribution in [0.1, 0.15) is 24.1 Å². The van der Waals surface area contributed by atoms with E-state index in [0.29, 0.717) is 6.04 Å². The van der Waals surface area contributed by atoms with Crippen LogP contribution in [0.3, 0.4) is 0 Å². The van der Waals surface area contributed by atoms with Crippen molar-refractivity contribution in [3.05, 3.63) is 54.0 Å². The normalized spacial score (nSPS) is 12.6. The molecule has 96 valence electrons. The fourth-order valence-electron chi connectivity index (χ4n) is 1.88. The van der Waals surface area contributed by atoms with E-state index < -0.39 is 0 Å². The minimum absolute atomic E-state index is 0.347. The molecule has 2 nitrogen and oxygen atoms in total. The van der Waals surface area contributed by atoms with Crippen LogP contribution in [-0.4, -0.2) is 12.3 Å². The summed E-state index contributed by atoms with van der Waals surface area (Å²) in [5, 5.41) is 3.49. The van der Waals surface area contributed by atoms with E-state index in [1.165, 1.54) is 16.0 Å². The van der Waals surface area contributed by atoms with E-state index in [9.17, 15) is 0 Å². The molecule has 1 aromatic carbocycles. The Morgan fingerprint density at radius 1 is 1.33 bits per heavy atom. The Balaban J connectivity index is 1.98. The second kappa shape index (κ2) is 6.66. The topological polar surface area (TPSA) is 25.2 Å². The second-order valence-electron chi connectivity index (χ2n) is 4.29. The third-order valence-electron chi connectivity index (χ3n) is 2.80. The van der Waals surface area contributed by atoms with Crippen molar-refractivity contribution in [1.82, 2.24) is 5.32 Å². The van der Waals surface area contributed by atoms with Gasteiger partial charge in [0.15, 0.2) is 0 Å². The zero-order valence-corrected chi connectivity index (χ0v) is 11.7. The molecule has 2 rings (SSSR count). The van der Waals surface area contributed by atoms with Gasteiger partial charge in [-0.2, -0.15) is 0 Å². The van der Waals surface area contributed by atoms with E-state index in [1.807, 2.05) is 24.1 Å². The first-order valence-corrected chi connectivity index (χ1v) is 7.23. The van der Waals surface area contributed by atoms with Crippen molar-refractivity contribution in [1.29, 1.82) is 0 Å².